The van der Waals surface area contributed by atoms with Crippen molar-refractivity contribution in [2.45, 2.75) is 27.7 Å². The predicted molar refractivity (Wildman–Crippen MR) is 133 cm³/mol. The Hall–Kier alpha value is -3.39. The van der Waals surface area contributed by atoms with Crippen molar-refractivity contribution in [3.63, 3.8) is 0 Å². The number of carbonyl (C=O) groups is 3. The summed E-state index contributed by atoms with van der Waals surface area (Å²) >= 11 is 0. The van der Waals surface area contributed by atoms with Gasteiger partial charge in [-0.2, -0.15) is 0 Å². The Labute approximate surface area is 206 Å². The van der Waals surface area contributed by atoms with E-state index in [1.807, 2.05) is 32.9 Å². The first-order valence-corrected chi connectivity index (χ1v) is 12.1. The molecule has 186 valence electrons. The molecule has 0 radical (unpaired) electrons. The van der Waals surface area contributed by atoms with Crippen LogP contribution in [0.4, 0.5) is 5.69 Å². The zero-order valence-corrected chi connectivity index (χ0v) is 20.9. The van der Waals surface area contributed by atoms with Crippen LogP contribution < -0.4 is 14.4 Å². The number of benzene rings is 2. The number of hydrogen-bond acceptors (Lipinski definition) is 6. The summed E-state index contributed by atoms with van der Waals surface area (Å²) in [5.74, 6) is 0.576. The van der Waals surface area contributed by atoms with E-state index in [1.54, 1.807) is 23.1 Å². The molecule has 0 aliphatic carbocycles. The number of Topliss-reactive ketones (excluding diaryl/α,β-unsaturated/α-hetero) is 1. The van der Waals surface area contributed by atoms with Gasteiger partial charge in [-0.1, -0.05) is 19.1 Å². The number of aryl methyl sites for hydroxylation is 2. The number of piperazine rings is 1. The highest BCUT2D eigenvalue weighted by molar-refractivity contribution is 6.04. The predicted octanol–water partition coefficient (Wildman–Crippen LogP) is 2.76. The van der Waals surface area contributed by atoms with Crippen molar-refractivity contribution in [3.8, 4) is 11.5 Å². The number of fused-ring (bicyclic) bond motifs is 1. The first-order valence-electron chi connectivity index (χ1n) is 12.1. The molecule has 2 aliphatic heterocycles. The number of carbonyl (C=O) groups excluding carboxylic acids is 3. The molecule has 8 heteroatoms. The largest absolute Gasteiger partial charge is 0.485 e. The summed E-state index contributed by atoms with van der Waals surface area (Å²) in [5.41, 5.74) is 3.91. The van der Waals surface area contributed by atoms with Gasteiger partial charge >= 0.3 is 0 Å². The number of hydrogen-bond donors (Lipinski definition) is 0. The van der Waals surface area contributed by atoms with E-state index < -0.39 is 0 Å². The third kappa shape index (κ3) is 5.32. The maximum absolute atomic E-state index is 13.0. The van der Waals surface area contributed by atoms with Crippen LogP contribution in [0.15, 0.2) is 30.3 Å². The number of ether oxygens (including phenoxy) is 2. The molecule has 0 bridgehead atoms. The van der Waals surface area contributed by atoms with Gasteiger partial charge in [0.15, 0.2) is 19.0 Å². The fourth-order valence-electron chi connectivity index (χ4n) is 4.47. The van der Waals surface area contributed by atoms with E-state index in [2.05, 4.69) is 11.8 Å². The van der Waals surface area contributed by atoms with Crippen LogP contribution in [-0.4, -0.2) is 79.9 Å². The van der Waals surface area contributed by atoms with Gasteiger partial charge < -0.3 is 19.3 Å². The second kappa shape index (κ2) is 10.5. The number of likely N-dealkylation sites (N-methyl/N-ethyl adjacent to an activating group) is 1. The molecule has 2 amide bonds. The van der Waals surface area contributed by atoms with Crippen molar-refractivity contribution in [3.05, 3.63) is 52.6 Å². The minimum atomic E-state index is -0.301. The van der Waals surface area contributed by atoms with Crippen LogP contribution in [-0.2, 0) is 9.59 Å². The quantitative estimate of drug-likeness (QED) is 0.569. The number of anilines is 1. The SMILES string of the molecule is CCN1CCN(C(=O)CN2C(=O)COc3ccc(C(=O)COc4c(C)ccc(C)c4C)cc32)CC1. The Morgan fingerprint density at radius 2 is 1.71 bits per heavy atom. The lowest BCUT2D eigenvalue weighted by Gasteiger charge is -2.36. The fourth-order valence-corrected chi connectivity index (χ4v) is 4.47. The Morgan fingerprint density at radius 1 is 1.00 bits per heavy atom. The minimum absolute atomic E-state index is 0.0723. The van der Waals surface area contributed by atoms with Crippen LogP contribution in [0.25, 0.3) is 0 Å². The number of ketones is 1. The van der Waals surface area contributed by atoms with Crippen molar-refractivity contribution in [2.75, 3.05) is 57.4 Å². The Kier molecular flexibility index (Phi) is 7.40. The van der Waals surface area contributed by atoms with Crippen molar-refractivity contribution in [1.29, 1.82) is 0 Å². The normalized spacial score (nSPS) is 16.1. The second-order valence-corrected chi connectivity index (χ2v) is 9.13. The smallest absolute Gasteiger partial charge is 0.265 e. The van der Waals surface area contributed by atoms with Gasteiger partial charge in [-0.25, -0.2) is 0 Å². The maximum atomic E-state index is 13.0. The standard InChI is InChI=1S/C27H33N3O5/c1-5-28-10-12-29(13-11-28)25(32)15-30-22-14-21(8-9-24(22)34-17-26(30)33)23(31)16-35-27-19(3)7-6-18(2)20(27)4/h6-9,14H,5,10-13,15-17H2,1-4H3. The summed E-state index contributed by atoms with van der Waals surface area (Å²) in [5, 5.41) is 0. The molecule has 8 nitrogen and oxygen atoms in total. The molecule has 2 aliphatic rings. The summed E-state index contributed by atoms with van der Waals surface area (Å²) in [7, 11) is 0. The molecule has 0 atom stereocenters. The van der Waals surface area contributed by atoms with Gasteiger partial charge in [0.05, 0.1) is 5.69 Å². The van der Waals surface area contributed by atoms with Crippen molar-refractivity contribution >= 4 is 23.3 Å². The molecule has 2 aromatic rings. The van der Waals surface area contributed by atoms with E-state index in [-0.39, 0.29) is 37.4 Å². The van der Waals surface area contributed by atoms with Gasteiger partial charge in [-0.3, -0.25) is 19.3 Å². The fraction of sp³-hybridized carbons (Fsp3) is 0.444. The second-order valence-electron chi connectivity index (χ2n) is 9.13. The molecule has 1 saturated heterocycles. The van der Waals surface area contributed by atoms with Gasteiger partial charge in [0.2, 0.25) is 5.91 Å². The first-order chi connectivity index (χ1) is 16.8. The summed E-state index contributed by atoms with van der Waals surface area (Å²) in [6.07, 6.45) is 0. The van der Waals surface area contributed by atoms with Crippen LogP contribution in [0.1, 0.15) is 34.0 Å². The molecular weight excluding hydrogens is 446 g/mol. The van der Waals surface area contributed by atoms with E-state index in [9.17, 15) is 14.4 Å². The van der Waals surface area contributed by atoms with Crippen LogP contribution in [0, 0.1) is 20.8 Å². The first kappa shape index (κ1) is 24.7. The van der Waals surface area contributed by atoms with Crippen molar-refractivity contribution in [2.24, 2.45) is 0 Å². The molecule has 0 unspecified atom stereocenters. The maximum Gasteiger partial charge on any atom is 0.265 e. The van der Waals surface area contributed by atoms with Gasteiger partial charge in [0, 0.05) is 31.7 Å². The van der Waals surface area contributed by atoms with Gasteiger partial charge in [-0.05, 0) is 62.2 Å². The third-order valence-electron chi connectivity index (χ3n) is 6.91. The van der Waals surface area contributed by atoms with Gasteiger partial charge in [-0.15, -0.1) is 0 Å². The van der Waals surface area contributed by atoms with E-state index >= 15 is 0 Å². The van der Waals surface area contributed by atoms with Gasteiger partial charge in [0.1, 0.15) is 18.0 Å². The van der Waals surface area contributed by atoms with E-state index in [0.717, 1.165) is 36.3 Å². The Balaban J connectivity index is 1.48. The van der Waals surface area contributed by atoms with E-state index in [1.165, 1.54) is 4.90 Å². The molecule has 0 aromatic heterocycles. The number of nitrogens with zero attached hydrogens (tertiary/aromatic N) is 3. The number of rotatable bonds is 7. The lowest BCUT2D eigenvalue weighted by Crippen LogP contribution is -2.52. The molecule has 35 heavy (non-hydrogen) atoms. The van der Waals surface area contributed by atoms with Crippen molar-refractivity contribution in [1.82, 2.24) is 9.80 Å². The lowest BCUT2D eigenvalue weighted by molar-refractivity contribution is -0.133. The highest BCUT2D eigenvalue weighted by Gasteiger charge is 2.30. The Morgan fingerprint density at radius 3 is 2.43 bits per heavy atom. The zero-order valence-electron chi connectivity index (χ0n) is 20.9. The van der Waals surface area contributed by atoms with Crippen LogP contribution in [0.2, 0.25) is 0 Å². The highest BCUT2D eigenvalue weighted by atomic mass is 16.5. The summed E-state index contributed by atoms with van der Waals surface area (Å²) in [6.45, 7) is 11.6. The molecule has 4 rings (SSSR count). The van der Waals surface area contributed by atoms with E-state index in [4.69, 9.17) is 9.47 Å². The summed E-state index contributed by atoms with van der Waals surface area (Å²) in [6, 6.07) is 8.96. The number of amides is 2. The van der Waals surface area contributed by atoms with Crippen LogP contribution >= 0.6 is 0 Å². The average molecular weight is 480 g/mol. The van der Waals surface area contributed by atoms with Crippen LogP contribution in [0.3, 0.4) is 0 Å². The molecule has 0 saturated carbocycles. The minimum Gasteiger partial charge on any atom is -0.485 e. The highest BCUT2D eigenvalue weighted by Crippen LogP contribution is 2.33. The molecule has 0 spiro atoms. The molecule has 2 aromatic carbocycles. The summed E-state index contributed by atoms with van der Waals surface area (Å²) < 4.78 is 11.5. The monoisotopic (exact) mass is 479 g/mol. The Bertz CT molecular complexity index is 1140. The lowest BCUT2D eigenvalue weighted by atomic mass is 10.1. The van der Waals surface area contributed by atoms with Crippen LogP contribution in [0.5, 0.6) is 11.5 Å². The van der Waals surface area contributed by atoms with E-state index in [0.29, 0.717) is 35.8 Å². The van der Waals surface area contributed by atoms with Gasteiger partial charge in [0.25, 0.3) is 5.91 Å². The van der Waals surface area contributed by atoms with Crippen molar-refractivity contribution < 1.29 is 23.9 Å². The molecule has 2 heterocycles. The molecule has 1 fully saturated rings. The third-order valence-corrected chi connectivity index (χ3v) is 6.91. The topological polar surface area (TPSA) is 79.4 Å². The summed E-state index contributed by atoms with van der Waals surface area (Å²) in [4.78, 5) is 44.2. The average Bonchev–Trinajstić information content (AvgIpc) is 2.87. The molecule has 0 N–H and O–H groups in total. The molecular formula is C27H33N3O5. The zero-order chi connectivity index (χ0) is 25.1.